The number of nitrogens with one attached hydrogen (secondary N) is 2. The Morgan fingerprint density at radius 2 is 1.58 bits per heavy atom. The third kappa shape index (κ3) is 10.7. The van der Waals surface area contributed by atoms with Crippen LogP contribution in [0.5, 0.6) is 17.2 Å². The van der Waals surface area contributed by atoms with Gasteiger partial charge in [-0.2, -0.15) is 13.2 Å². The van der Waals surface area contributed by atoms with Crippen molar-refractivity contribution in [2.75, 3.05) is 51.5 Å². The lowest BCUT2D eigenvalue weighted by Crippen LogP contribution is -2.37. The van der Waals surface area contributed by atoms with Crippen molar-refractivity contribution >= 4 is 17.3 Å². The fraction of sp³-hybridized carbons (Fsp3) is 0.513. The molecule has 286 valence electrons. The molecule has 2 N–H and O–H groups in total. The number of likely N-dealkylation sites (tertiary alicyclic amines) is 2. The predicted molar refractivity (Wildman–Crippen MR) is 195 cm³/mol. The first-order valence-corrected chi connectivity index (χ1v) is 17.9. The molecule has 52 heavy (non-hydrogen) atoms. The molecule has 13 heteroatoms. The fourth-order valence-electron chi connectivity index (χ4n) is 6.70. The monoisotopic (exact) mass is 732 g/mol. The number of anilines is 2. The Hall–Kier alpha value is -4.23. The van der Waals surface area contributed by atoms with Gasteiger partial charge in [0, 0.05) is 57.2 Å². The number of hydrogen-bond donors (Lipinski definition) is 2. The van der Waals surface area contributed by atoms with Gasteiger partial charge in [-0.3, -0.25) is 14.6 Å². The number of halogens is 4. The predicted octanol–water partition coefficient (Wildman–Crippen LogP) is 8.07. The molecule has 2 heterocycles. The number of nitrogens with zero attached hydrogens (tertiary/aromatic N) is 2. The number of rotatable bonds is 20. The van der Waals surface area contributed by atoms with Crippen molar-refractivity contribution in [1.29, 1.82) is 0 Å². The van der Waals surface area contributed by atoms with Crippen molar-refractivity contribution in [2.24, 2.45) is 0 Å². The third-order valence-electron chi connectivity index (χ3n) is 9.33. The zero-order chi connectivity index (χ0) is 37.6. The summed E-state index contributed by atoms with van der Waals surface area (Å²) in [7, 11) is 4.60. The summed E-state index contributed by atoms with van der Waals surface area (Å²) in [4.78, 5) is 16.4. The molecule has 2 aliphatic rings. The Bertz CT molecular complexity index is 1550. The number of carbonyl (C=O) groups excluding carboxylic acids is 1. The van der Waals surface area contributed by atoms with Crippen LogP contribution in [0.25, 0.3) is 0 Å². The van der Waals surface area contributed by atoms with Gasteiger partial charge in [-0.1, -0.05) is 43.9 Å². The van der Waals surface area contributed by atoms with E-state index in [4.69, 9.17) is 18.9 Å². The second-order valence-electron chi connectivity index (χ2n) is 12.8. The van der Waals surface area contributed by atoms with Crippen LogP contribution in [-0.4, -0.2) is 81.5 Å². The number of alkyl halides is 2. The summed E-state index contributed by atoms with van der Waals surface area (Å²) in [6, 6.07) is 4.10. The summed E-state index contributed by atoms with van der Waals surface area (Å²) < 4.78 is 82.0. The molecule has 2 fully saturated rings. The summed E-state index contributed by atoms with van der Waals surface area (Å²) in [6.45, 7) is 5.24. The van der Waals surface area contributed by atoms with Crippen LogP contribution in [0.3, 0.4) is 0 Å². The van der Waals surface area contributed by atoms with Crippen LogP contribution in [0.4, 0.5) is 28.9 Å². The summed E-state index contributed by atoms with van der Waals surface area (Å²) in [6.07, 6.45) is 11.9. The van der Waals surface area contributed by atoms with Crippen LogP contribution in [0.2, 0.25) is 0 Å². The molecule has 2 aromatic carbocycles. The van der Waals surface area contributed by atoms with Gasteiger partial charge < -0.3 is 29.6 Å². The number of hydrogen-bond acceptors (Lipinski definition) is 9. The lowest BCUT2D eigenvalue weighted by molar-refractivity contribution is -0.146. The highest BCUT2D eigenvalue weighted by atomic mass is 19.3. The van der Waals surface area contributed by atoms with Gasteiger partial charge in [-0.05, 0) is 63.9 Å². The van der Waals surface area contributed by atoms with E-state index in [-0.39, 0.29) is 60.4 Å². The lowest BCUT2D eigenvalue weighted by Gasteiger charge is -2.30. The molecule has 4 rings (SSSR count). The van der Waals surface area contributed by atoms with Gasteiger partial charge >= 0.3 is 12.6 Å². The smallest absolute Gasteiger partial charge is 0.387 e. The average Bonchev–Trinajstić information content (AvgIpc) is 3.83. The van der Waals surface area contributed by atoms with Crippen LogP contribution >= 0.6 is 0 Å². The van der Waals surface area contributed by atoms with Crippen LogP contribution < -0.4 is 24.8 Å². The molecule has 0 spiro atoms. The topological polar surface area (TPSA) is 84.5 Å². The van der Waals surface area contributed by atoms with E-state index in [9.17, 15) is 13.6 Å². The molecule has 0 saturated carbocycles. The van der Waals surface area contributed by atoms with Crippen molar-refractivity contribution in [3.63, 3.8) is 0 Å². The van der Waals surface area contributed by atoms with E-state index in [1.807, 2.05) is 24.0 Å². The molecular formula is C39H52F4N4O5. The number of allylic oxidation sites excluding steroid dienone is 3. The highest BCUT2D eigenvalue weighted by Gasteiger charge is 2.33. The number of methoxy groups -OCH3 is 1. The molecule has 2 aliphatic heterocycles. The van der Waals surface area contributed by atoms with Crippen molar-refractivity contribution in [3.8, 4) is 17.2 Å². The van der Waals surface area contributed by atoms with Gasteiger partial charge in [0.05, 0.1) is 18.5 Å². The van der Waals surface area contributed by atoms with E-state index < -0.39 is 36.5 Å². The van der Waals surface area contributed by atoms with Gasteiger partial charge in [-0.25, -0.2) is 4.39 Å². The molecule has 1 unspecified atom stereocenters. The van der Waals surface area contributed by atoms with Crippen molar-refractivity contribution < 1.29 is 41.3 Å². The van der Waals surface area contributed by atoms with Gasteiger partial charge in [0.2, 0.25) is 5.82 Å². The quantitative estimate of drug-likeness (QED) is 0.0608. The van der Waals surface area contributed by atoms with Crippen molar-refractivity contribution in [1.82, 2.24) is 9.80 Å². The second-order valence-corrected chi connectivity index (χ2v) is 12.8. The van der Waals surface area contributed by atoms with Gasteiger partial charge in [0.1, 0.15) is 29.7 Å². The Morgan fingerprint density at radius 1 is 0.885 bits per heavy atom. The van der Waals surface area contributed by atoms with Crippen molar-refractivity contribution in [2.45, 2.75) is 89.8 Å². The first kappa shape index (κ1) is 40.5. The van der Waals surface area contributed by atoms with Crippen LogP contribution in [0.1, 0.15) is 63.0 Å². The Balaban J connectivity index is 1.73. The first-order valence-electron chi connectivity index (χ1n) is 17.9. The lowest BCUT2D eigenvalue weighted by atomic mass is 10.0. The largest absolute Gasteiger partial charge is 0.484 e. The van der Waals surface area contributed by atoms with Crippen LogP contribution in [0, 0.1) is 11.6 Å². The van der Waals surface area contributed by atoms with E-state index in [1.165, 1.54) is 13.2 Å². The van der Waals surface area contributed by atoms with Gasteiger partial charge in [-0.15, -0.1) is 0 Å². The minimum absolute atomic E-state index is 0.123. The Kier molecular flexibility index (Phi) is 15.7. The van der Waals surface area contributed by atoms with Crippen LogP contribution in [-0.2, 0) is 22.6 Å². The maximum Gasteiger partial charge on any atom is 0.387 e. The molecule has 0 bridgehead atoms. The standard InChI is InChI=1S/C39H52F4N4O5/c1-6-8-10-16-31(32(17-11-9-7-2)51-37-29(45-4)22-27(35(40)36(37)41)24-46-18-12-13-19-46)50-34-23-33(52-39(42)43)26(21-28(34)44-3)25-47-20-14-15-30(47)38(48)49-5/h6,8-11,21-23,30-32,39,44-45H,1,7,12-20,24-25H2,2-5H3/b10-8-,11-9-/t30-,31+,32?/m0/s1. The first-order chi connectivity index (χ1) is 25.1. The van der Waals surface area contributed by atoms with Crippen molar-refractivity contribution in [3.05, 3.63) is 77.9 Å². The van der Waals surface area contributed by atoms with Gasteiger partial charge in [0.15, 0.2) is 11.6 Å². The summed E-state index contributed by atoms with van der Waals surface area (Å²) in [5.74, 6) is -2.69. The normalized spacial score (nSPS) is 17.9. The molecule has 2 saturated heterocycles. The molecule has 0 amide bonds. The van der Waals surface area contributed by atoms with E-state index >= 15 is 8.78 Å². The Morgan fingerprint density at radius 3 is 2.23 bits per heavy atom. The maximum absolute atomic E-state index is 16.0. The number of esters is 1. The zero-order valence-electron chi connectivity index (χ0n) is 30.6. The van der Waals surface area contributed by atoms with Gasteiger partial charge in [0.25, 0.3) is 0 Å². The van der Waals surface area contributed by atoms with E-state index in [1.54, 1.807) is 44.5 Å². The average molecular weight is 733 g/mol. The highest BCUT2D eigenvalue weighted by Crippen LogP contribution is 2.39. The van der Waals surface area contributed by atoms with E-state index in [2.05, 4.69) is 22.1 Å². The molecule has 2 aromatic rings. The summed E-state index contributed by atoms with van der Waals surface area (Å²) in [5, 5.41) is 6.05. The molecule has 9 nitrogen and oxygen atoms in total. The highest BCUT2D eigenvalue weighted by molar-refractivity contribution is 5.76. The van der Waals surface area contributed by atoms with E-state index in [0.717, 1.165) is 38.8 Å². The number of benzene rings is 2. The second kappa shape index (κ2) is 20.1. The molecule has 0 aromatic heterocycles. The van der Waals surface area contributed by atoms with Crippen LogP contribution in [0.15, 0.2) is 55.2 Å². The molecule has 3 atom stereocenters. The number of ether oxygens (including phenoxy) is 4. The Labute approximate surface area is 304 Å². The summed E-state index contributed by atoms with van der Waals surface area (Å²) in [5.41, 5.74) is 1.40. The third-order valence-corrected chi connectivity index (χ3v) is 9.33. The minimum atomic E-state index is -3.13. The molecular weight excluding hydrogens is 680 g/mol. The maximum atomic E-state index is 16.0. The van der Waals surface area contributed by atoms with E-state index in [0.29, 0.717) is 24.2 Å². The summed E-state index contributed by atoms with van der Waals surface area (Å²) >= 11 is 0. The molecule has 0 radical (unpaired) electrons. The minimum Gasteiger partial charge on any atom is -0.484 e. The molecule has 0 aliphatic carbocycles. The number of carbonyl (C=O) groups is 1. The fourth-order valence-corrected chi connectivity index (χ4v) is 6.70. The SMILES string of the molecule is C=C/C=C\C[C@@H](Oc1cc(OC(F)F)c(CN2CCC[C@H]2C(=O)OC)cc1NC)C(C/C=C\CC)Oc1c(NC)cc(CN2CCCC2)c(F)c1F. The zero-order valence-corrected chi connectivity index (χ0v) is 30.6.